The number of Topliss-reactive ketones (excluding diaryl/α,β-unsaturated/α-hetero) is 1. The fourth-order valence-corrected chi connectivity index (χ4v) is 1.75. The molecule has 1 aromatic rings. The van der Waals surface area contributed by atoms with Crippen LogP contribution in [0.5, 0.6) is 0 Å². The van der Waals surface area contributed by atoms with Gasteiger partial charge in [-0.25, -0.2) is 0 Å². The quantitative estimate of drug-likeness (QED) is 0.694. The smallest absolute Gasteiger partial charge is 0.193 e. The van der Waals surface area contributed by atoms with Crippen LogP contribution in [0.3, 0.4) is 0 Å². The Balaban J connectivity index is 2.09. The van der Waals surface area contributed by atoms with Gasteiger partial charge in [0.1, 0.15) is 6.10 Å². The number of nitrogens with zero attached hydrogens (tertiary/aromatic N) is 1. The summed E-state index contributed by atoms with van der Waals surface area (Å²) in [5.41, 5.74) is 1.59. The van der Waals surface area contributed by atoms with Crippen molar-refractivity contribution in [3.8, 4) is 0 Å². The SMILES string of the molecule is Cc1ccc(C(=O)C2CCCCO2)cn1. The lowest BCUT2D eigenvalue weighted by molar-refractivity contribution is 0.0186. The molecule has 1 saturated heterocycles. The molecule has 1 aromatic heterocycles. The molecule has 0 N–H and O–H groups in total. The van der Waals surface area contributed by atoms with Crippen LogP contribution in [-0.4, -0.2) is 23.5 Å². The molecule has 0 saturated carbocycles. The van der Waals surface area contributed by atoms with Gasteiger partial charge in [0.05, 0.1) is 0 Å². The van der Waals surface area contributed by atoms with Crippen molar-refractivity contribution in [1.29, 1.82) is 0 Å². The fourth-order valence-electron chi connectivity index (χ4n) is 1.75. The highest BCUT2D eigenvalue weighted by Crippen LogP contribution is 2.17. The Bertz CT molecular complexity index is 339. The van der Waals surface area contributed by atoms with Crippen molar-refractivity contribution in [3.63, 3.8) is 0 Å². The van der Waals surface area contributed by atoms with Crippen LogP contribution in [0.2, 0.25) is 0 Å². The monoisotopic (exact) mass is 205 g/mol. The van der Waals surface area contributed by atoms with E-state index in [1.54, 1.807) is 6.20 Å². The summed E-state index contributed by atoms with van der Waals surface area (Å²) in [7, 11) is 0. The molecular weight excluding hydrogens is 190 g/mol. The van der Waals surface area contributed by atoms with Crippen LogP contribution in [-0.2, 0) is 4.74 Å². The van der Waals surface area contributed by atoms with Gasteiger partial charge in [0.15, 0.2) is 5.78 Å². The molecule has 3 heteroatoms. The largest absolute Gasteiger partial charge is 0.370 e. The van der Waals surface area contributed by atoms with Crippen LogP contribution in [0, 0.1) is 6.92 Å². The van der Waals surface area contributed by atoms with Gasteiger partial charge in [0.25, 0.3) is 0 Å². The summed E-state index contributed by atoms with van der Waals surface area (Å²) in [4.78, 5) is 16.1. The van der Waals surface area contributed by atoms with Gasteiger partial charge >= 0.3 is 0 Å². The summed E-state index contributed by atoms with van der Waals surface area (Å²) < 4.78 is 5.45. The molecule has 0 bridgehead atoms. The van der Waals surface area contributed by atoms with Gasteiger partial charge in [0.2, 0.25) is 0 Å². The van der Waals surface area contributed by atoms with E-state index < -0.39 is 0 Å². The minimum Gasteiger partial charge on any atom is -0.370 e. The number of aryl methyl sites for hydroxylation is 1. The Hall–Kier alpha value is -1.22. The van der Waals surface area contributed by atoms with E-state index in [1.165, 1.54) is 0 Å². The molecule has 1 atom stereocenters. The van der Waals surface area contributed by atoms with Crippen molar-refractivity contribution < 1.29 is 9.53 Å². The minimum absolute atomic E-state index is 0.0715. The Morgan fingerprint density at radius 1 is 1.47 bits per heavy atom. The molecule has 0 radical (unpaired) electrons. The molecule has 80 valence electrons. The lowest BCUT2D eigenvalue weighted by Gasteiger charge is -2.21. The molecule has 2 heterocycles. The molecule has 1 aliphatic rings. The van der Waals surface area contributed by atoms with Gasteiger partial charge in [0, 0.05) is 24.1 Å². The average Bonchev–Trinajstić information content (AvgIpc) is 2.30. The number of hydrogen-bond donors (Lipinski definition) is 0. The third kappa shape index (κ3) is 2.42. The number of hydrogen-bond acceptors (Lipinski definition) is 3. The van der Waals surface area contributed by atoms with Crippen molar-refractivity contribution in [2.45, 2.75) is 32.3 Å². The predicted molar refractivity (Wildman–Crippen MR) is 56.9 cm³/mol. The standard InChI is InChI=1S/C12H15NO2/c1-9-5-6-10(8-13-9)12(14)11-4-2-3-7-15-11/h5-6,8,11H,2-4,7H2,1H3. The van der Waals surface area contributed by atoms with Crippen LogP contribution in [0.25, 0.3) is 0 Å². The zero-order valence-electron chi connectivity index (χ0n) is 8.90. The summed E-state index contributed by atoms with van der Waals surface area (Å²) in [6, 6.07) is 3.68. The molecule has 1 fully saturated rings. The third-order valence-corrected chi connectivity index (χ3v) is 2.67. The van der Waals surface area contributed by atoms with Crippen molar-refractivity contribution >= 4 is 5.78 Å². The van der Waals surface area contributed by atoms with Gasteiger partial charge in [-0.15, -0.1) is 0 Å². The number of ketones is 1. The van der Waals surface area contributed by atoms with E-state index in [2.05, 4.69) is 4.98 Å². The summed E-state index contributed by atoms with van der Waals surface area (Å²) in [5, 5.41) is 0. The lowest BCUT2D eigenvalue weighted by atomic mass is 10.0. The van der Waals surface area contributed by atoms with Crippen LogP contribution in [0.1, 0.15) is 35.3 Å². The second-order valence-electron chi connectivity index (χ2n) is 3.91. The van der Waals surface area contributed by atoms with Crippen LogP contribution < -0.4 is 0 Å². The first-order valence-electron chi connectivity index (χ1n) is 5.36. The first-order valence-corrected chi connectivity index (χ1v) is 5.36. The second-order valence-corrected chi connectivity index (χ2v) is 3.91. The highest BCUT2D eigenvalue weighted by atomic mass is 16.5. The van der Waals surface area contributed by atoms with Gasteiger partial charge in [-0.1, -0.05) is 0 Å². The molecule has 0 amide bonds. The van der Waals surface area contributed by atoms with E-state index in [0.717, 1.165) is 25.0 Å². The van der Waals surface area contributed by atoms with Crippen molar-refractivity contribution in [1.82, 2.24) is 4.98 Å². The Kier molecular flexibility index (Phi) is 3.11. The van der Waals surface area contributed by atoms with E-state index in [4.69, 9.17) is 4.74 Å². The number of carbonyl (C=O) groups is 1. The third-order valence-electron chi connectivity index (χ3n) is 2.67. The van der Waals surface area contributed by atoms with E-state index in [0.29, 0.717) is 12.2 Å². The fraction of sp³-hybridized carbons (Fsp3) is 0.500. The van der Waals surface area contributed by atoms with Gasteiger partial charge in [-0.05, 0) is 38.3 Å². The van der Waals surface area contributed by atoms with Crippen LogP contribution >= 0.6 is 0 Å². The Morgan fingerprint density at radius 3 is 2.93 bits per heavy atom. The molecule has 2 rings (SSSR count). The van der Waals surface area contributed by atoms with Crippen molar-refractivity contribution in [2.24, 2.45) is 0 Å². The molecule has 3 nitrogen and oxygen atoms in total. The average molecular weight is 205 g/mol. The molecule has 1 aliphatic heterocycles. The lowest BCUT2D eigenvalue weighted by Crippen LogP contribution is -2.28. The predicted octanol–water partition coefficient (Wildman–Crippen LogP) is 2.14. The Labute approximate surface area is 89.5 Å². The maximum atomic E-state index is 11.9. The molecule has 1 unspecified atom stereocenters. The number of pyridine rings is 1. The molecule has 0 spiro atoms. The first-order chi connectivity index (χ1) is 7.27. The molecule has 0 aromatic carbocycles. The van der Waals surface area contributed by atoms with Crippen LogP contribution in [0.15, 0.2) is 18.3 Å². The maximum Gasteiger partial charge on any atom is 0.193 e. The van der Waals surface area contributed by atoms with Gasteiger partial charge in [-0.3, -0.25) is 9.78 Å². The van der Waals surface area contributed by atoms with Gasteiger partial charge in [-0.2, -0.15) is 0 Å². The number of ether oxygens (including phenoxy) is 1. The van der Waals surface area contributed by atoms with E-state index in [1.807, 2.05) is 19.1 Å². The van der Waals surface area contributed by atoms with Crippen LogP contribution in [0.4, 0.5) is 0 Å². The topological polar surface area (TPSA) is 39.2 Å². The Morgan fingerprint density at radius 2 is 2.33 bits per heavy atom. The number of rotatable bonds is 2. The number of carbonyl (C=O) groups excluding carboxylic acids is 1. The summed E-state index contributed by atoms with van der Waals surface area (Å²) in [6.45, 7) is 2.61. The van der Waals surface area contributed by atoms with Crippen molar-refractivity contribution in [2.75, 3.05) is 6.61 Å². The first kappa shape index (κ1) is 10.3. The molecule has 15 heavy (non-hydrogen) atoms. The summed E-state index contributed by atoms with van der Waals surface area (Å²) in [5.74, 6) is 0.0715. The number of aromatic nitrogens is 1. The normalized spacial score (nSPS) is 21.3. The second kappa shape index (κ2) is 4.53. The maximum absolute atomic E-state index is 11.9. The molecular formula is C12H15NO2. The summed E-state index contributed by atoms with van der Waals surface area (Å²) in [6.07, 6.45) is 4.37. The highest BCUT2D eigenvalue weighted by Gasteiger charge is 2.23. The summed E-state index contributed by atoms with van der Waals surface area (Å²) >= 11 is 0. The molecule has 0 aliphatic carbocycles. The van der Waals surface area contributed by atoms with E-state index >= 15 is 0 Å². The minimum atomic E-state index is -0.247. The van der Waals surface area contributed by atoms with E-state index in [9.17, 15) is 4.79 Å². The van der Waals surface area contributed by atoms with Gasteiger partial charge < -0.3 is 4.74 Å². The zero-order chi connectivity index (χ0) is 10.7. The highest BCUT2D eigenvalue weighted by molar-refractivity contribution is 5.99. The van der Waals surface area contributed by atoms with Crippen molar-refractivity contribution in [3.05, 3.63) is 29.6 Å². The zero-order valence-corrected chi connectivity index (χ0v) is 8.90. The van der Waals surface area contributed by atoms with E-state index in [-0.39, 0.29) is 11.9 Å².